The molecule has 0 aromatic heterocycles. The molecule has 0 amide bonds. The predicted octanol–water partition coefficient (Wildman–Crippen LogP) is 3.61. The van der Waals surface area contributed by atoms with Crippen LogP contribution in [0, 0.1) is 16.7 Å². The van der Waals surface area contributed by atoms with Gasteiger partial charge in [-0.3, -0.25) is 9.59 Å². The maximum absolute atomic E-state index is 11.6. The van der Waals surface area contributed by atoms with Gasteiger partial charge in [-0.25, -0.2) is 0 Å². The van der Waals surface area contributed by atoms with Crippen molar-refractivity contribution in [1.29, 1.82) is 5.26 Å². The second-order valence-electron chi connectivity index (χ2n) is 4.90. The number of carboxylic acids is 1. The van der Waals surface area contributed by atoms with Gasteiger partial charge in [0.05, 0.1) is 11.5 Å². The minimum Gasteiger partial charge on any atom is -0.481 e. The Morgan fingerprint density at radius 1 is 1.42 bits per heavy atom. The SMILES string of the molecule is CCCCC(SC(=O)CC)C(C)(C#N)CCC(=O)O. The second kappa shape index (κ2) is 8.98. The van der Waals surface area contributed by atoms with Crippen LogP contribution in [0.2, 0.25) is 0 Å². The zero-order valence-electron chi connectivity index (χ0n) is 11.9. The largest absolute Gasteiger partial charge is 0.481 e. The van der Waals surface area contributed by atoms with Crippen LogP contribution in [-0.4, -0.2) is 21.4 Å². The molecule has 0 aliphatic heterocycles. The number of carboxylic acid groups (broad SMARTS) is 1. The number of nitriles is 1. The molecule has 0 radical (unpaired) electrons. The molecule has 0 heterocycles. The highest BCUT2D eigenvalue weighted by molar-refractivity contribution is 8.14. The summed E-state index contributed by atoms with van der Waals surface area (Å²) in [6.07, 6.45) is 3.41. The van der Waals surface area contributed by atoms with Crippen molar-refractivity contribution in [1.82, 2.24) is 0 Å². The summed E-state index contributed by atoms with van der Waals surface area (Å²) in [5, 5.41) is 18.1. The number of hydrogen-bond donors (Lipinski definition) is 1. The number of nitrogens with zero attached hydrogens (tertiary/aromatic N) is 1. The van der Waals surface area contributed by atoms with Crippen LogP contribution >= 0.6 is 11.8 Å². The van der Waals surface area contributed by atoms with E-state index in [4.69, 9.17) is 5.11 Å². The molecule has 2 unspecified atom stereocenters. The Hall–Kier alpha value is -1.02. The highest BCUT2D eigenvalue weighted by Crippen LogP contribution is 2.39. The summed E-state index contributed by atoms with van der Waals surface area (Å²) >= 11 is 1.21. The Balaban J connectivity index is 4.87. The van der Waals surface area contributed by atoms with Crippen molar-refractivity contribution in [3.63, 3.8) is 0 Å². The molecule has 0 aliphatic carbocycles. The van der Waals surface area contributed by atoms with E-state index >= 15 is 0 Å². The van der Waals surface area contributed by atoms with Crippen molar-refractivity contribution < 1.29 is 14.7 Å². The molecule has 0 aliphatic rings. The van der Waals surface area contributed by atoms with Crippen LogP contribution in [0.3, 0.4) is 0 Å². The standard InChI is InChI=1S/C14H23NO3S/c1-4-6-7-11(19-13(18)5-2)14(3,10-15)9-8-12(16)17/h11H,4-9H2,1-3H3,(H,16,17). The molecule has 19 heavy (non-hydrogen) atoms. The smallest absolute Gasteiger partial charge is 0.303 e. The van der Waals surface area contributed by atoms with Crippen molar-refractivity contribution in [2.75, 3.05) is 0 Å². The molecule has 0 saturated heterocycles. The summed E-state index contributed by atoms with van der Waals surface area (Å²) in [5.74, 6) is -0.900. The number of thioether (sulfide) groups is 1. The van der Waals surface area contributed by atoms with Gasteiger partial charge in [0.15, 0.2) is 5.12 Å². The third-order valence-electron chi connectivity index (χ3n) is 3.21. The Bertz CT molecular complexity index is 351. The molecule has 0 saturated carbocycles. The van der Waals surface area contributed by atoms with Crippen LogP contribution in [0.4, 0.5) is 0 Å². The lowest BCUT2D eigenvalue weighted by molar-refractivity contribution is -0.137. The number of rotatable bonds is 9. The fourth-order valence-electron chi connectivity index (χ4n) is 1.79. The van der Waals surface area contributed by atoms with Crippen molar-refractivity contribution in [2.45, 2.75) is 64.5 Å². The van der Waals surface area contributed by atoms with Gasteiger partial charge in [0.1, 0.15) is 0 Å². The quantitative estimate of drug-likeness (QED) is 0.700. The van der Waals surface area contributed by atoms with Crippen LogP contribution < -0.4 is 0 Å². The molecule has 0 rings (SSSR count). The van der Waals surface area contributed by atoms with E-state index in [9.17, 15) is 14.9 Å². The fraction of sp³-hybridized carbons (Fsp3) is 0.786. The molecule has 108 valence electrons. The van der Waals surface area contributed by atoms with Crippen molar-refractivity contribution >= 4 is 22.8 Å². The van der Waals surface area contributed by atoms with E-state index < -0.39 is 11.4 Å². The van der Waals surface area contributed by atoms with Gasteiger partial charge in [0.2, 0.25) is 0 Å². The van der Waals surface area contributed by atoms with Gasteiger partial charge in [0, 0.05) is 18.1 Å². The lowest BCUT2D eigenvalue weighted by atomic mass is 9.81. The van der Waals surface area contributed by atoms with E-state index in [0.717, 1.165) is 19.3 Å². The summed E-state index contributed by atoms with van der Waals surface area (Å²) < 4.78 is 0. The molecule has 0 aromatic carbocycles. The third kappa shape index (κ3) is 6.63. The van der Waals surface area contributed by atoms with Gasteiger partial charge in [-0.1, -0.05) is 38.5 Å². The minimum atomic E-state index is -0.900. The molecular formula is C14H23NO3S. The van der Waals surface area contributed by atoms with E-state index in [-0.39, 0.29) is 23.2 Å². The molecule has 0 spiro atoms. The highest BCUT2D eigenvalue weighted by atomic mass is 32.2. The Labute approximate surface area is 119 Å². The van der Waals surface area contributed by atoms with Gasteiger partial charge in [-0.15, -0.1) is 0 Å². The summed E-state index contributed by atoms with van der Waals surface area (Å²) in [7, 11) is 0. The van der Waals surface area contributed by atoms with E-state index in [2.05, 4.69) is 13.0 Å². The Kier molecular flexibility index (Phi) is 8.49. The van der Waals surface area contributed by atoms with Gasteiger partial charge in [-0.2, -0.15) is 5.26 Å². The molecule has 0 aromatic rings. The first-order chi connectivity index (χ1) is 8.89. The van der Waals surface area contributed by atoms with Gasteiger partial charge < -0.3 is 5.11 Å². The maximum atomic E-state index is 11.6. The lowest BCUT2D eigenvalue weighted by Gasteiger charge is -2.30. The zero-order chi connectivity index (χ0) is 14.9. The van der Waals surface area contributed by atoms with E-state index in [0.29, 0.717) is 6.42 Å². The Morgan fingerprint density at radius 3 is 2.47 bits per heavy atom. The Morgan fingerprint density at radius 2 is 2.05 bits per heavy atom. The topological polar surface area (TPSA) is 78.2 Å². The average molecular weight is 285 g/mol. The number of aliphatic carboxylic acids is 1. The minimum absolute atomic E-state index is 0.0342. The zero-order valence-corrected chi connectivity index (χ0v) is 12.8. The van der Waals surface area contributed by atoms with Crippen LogP contribution in [0.5, 0.6) is 0 Å². The van der Waals surface area contributed by atoms with Crippen LogP contribution in [0.1, 0.15) is 59.3 Å². The molecular weight excluding hydrogens is 262 g/mol. The van der Waals surface area contributed by atoms with E-state index in [1.807, 2.05) is 0 Å². The first-order valence-electron chi connectivity index (χ1n) is 6.72. The summed E-state index contributed by atoms with van der Waals surface area (Å²) in [6.45, 7) is 5.63. The summed E-state index contributed by atoms with van der Waals surface area (Å²) in [5.41, 5.74) is -0.761. The summed E-state index contributed by atoms with van der Waals surface area (Å²) in [6, 6.07) is 2.24. The number of carbonyl (C=O) groups excluding carboxylic acids is 1. The second-order valence-corrected chi connectivity index (χ2v) is 6.16. The fourth-order valence-corrected chi connectivity index (χ4v) is 2.99. The van der Waals surface area contributed by atoms with Crippen LogP contribution in [-0.2, 0) is 9.59 Å². The van der Waals surface area contributed by atoms with Gasteiger partial charge in [-0.05, 0) is 19.8 Å². The first kappa shape index (κ1) is 18.0. The maximum Gasteiger partial charge on any atom is 0.303 e. The monoisotopic (exact) mass is 285 g/mol. The van der Waals surface area contributed by atoms with Crippen molar-refractivity contribution in [2.24, 2.45) is 5.41 Å². The number of carbonyl (C=O) groups is 2. The summed E-state index contributed by atoms with van der Waals surface area (Å²) in [4.78, 5) is 22.3. The van der Waals surface area contributed by atoms with Crippen LogP contribution in [0.25, 0.3) is 0 Å². The highest BCUT2D eigenvalue weighted by Gasteiger charge is 2.36. The lowest BCUT2D eigenvalue weighted by Crippen LogP contribution is -2.30. The van der Waals surface area contributed by atoms with Crippen molar-refractivity contribution in [3.05, 3.63) is 0 Å². The molecule has 5 heteroatoms. The molecule has 1 N–H and O–H groups in total. The predicted molar refractivity (Wildman–Crippen MR) is 76.8 cm³/mol. The van der Waals surface area contributed by atoms with E-state index in [1.165, 1.54) is 11.8 Å². The van der Waals surface area contributed by atoms with Gasteiger partial charge >= 0.3 is 5.97 Å². The average Bonchev–Trinajstić information content (AvgIpc) is 2.40. The van der Waals surface area contributed by atoms with Crippen molar-refractivity contribution in [3.8, 4) is 6.07 Å². The first-order valence-corrected chi connectivity index (χ1v) is 7.60. The number of hydrogen-bond acceptors (Lipinski definition) is 4. The van der Waals surface area contributed by atoms with Gasteiger partial charge in [0.25, 0.3) is 0 Å². The molecule has 2 atom stereocenters. The number of unbranched alkanes of at least 4 members (excludes halogenated alkanes) is 1. The van der Waals surface area contributed by atoms with E-state index in [1.54, 1.807) is 13.8 Å². The van der Waals surface area contributed by atoms with Crippen LogP contribution in [0.15, 0.2) is 0 Å². The molecule has 0 fully saturated rings. The molecule has 0 bridgehead atoms. The third-order valence-corrected chi connectivity index (χ3v) is 4.80. The molecule has 4 nitrogen and oxygen atoms in total. The normalized spacial score (nSPS) is 15.3.